The second-order valence-electron chi connectivity index (χ2n) is 9.96. The molecule has 0 spiro atoms. The molecule has 0 bridgehead atoms. The lowest BCUT2D eigenvalue weighted by molar-refractivity contribution is -0.142. The van der Waals surface area contributed by atoms with Gasteiger partial charge in [0, 0.05) is 43.3 Å². The minimum atomic E-state index is -0.675. The number of nitrogens with one attached hydrogen (secondary N) is 2. The molecule has 0 saturated carbocycles. The average molecular weight is 560 g/mol. The van der Waals surface area contributed by atoms with Crippen LogP contribution in [0.2, 0.25) is 0 Å². The molecular weight excluding hydrogens is 526 g/mol. The predicted octanol–water partition coefficient (Wildman–Crippen LogP) is 3.86. The van der Waals surface area contributed by atoms with Gasteiger partial charge < -0.3 is 24.6 Å². The summed E-state index contributed by atoms with van der Waals surface area (Å²) in [6.07, 6.45) is -0.675. The van der Waals surface area contributed by atoms with Crippen LogP contribution in [0.4, 0.5) is 11.6 Å². The zero-order chi connectivity index (χ0) is 28.2. The molecule has 1 unspecified atom stereocenters. The van der Waals surface area contributed by atoms with E-state index >= 15 is 0 Å². The lowest BCUT2D eigenvalue weighted by atomic mass is 10.1. The van der Waals surface area contributed by atoms with Gasteiger partial charge in [0.25, 0.3) is 5.91 Å². The molecule has 5 rings (SSSR count). The van der Waals surface area contributed by atoms with Crippen molar-refractivity contribution in [3.8, 4) is 11.5 Å². The van der Waals surface area contributed by atoms with E-state index in [0.29, 0.717) is 54.7 Å². The third-order valence-corrected chi connectivity index (χ3v) is 6.92. The summed E-state index contributed by atoms with van der Waals surface area (Å²) < 4.78 is 11.7. The molecule has 40 heavy (non-hydrogen) atoms. The number of fused-ring (bicyclic) bond motifs is 1. The van der Waals surface area contributed by atoms with Crippen molar-refractivity contribution in [2.24, 2.45) is 4.99 Å². The Kier molecular flexibility index (Phi) is 8.11. The fraction of sp³-hybridized carbons (Fsp3) is 0.345. The number of aromatic nitrogens is 2. The maximum absolute atomic E-state index is 13.3. The number of hydrogen-bond donors (Lipinski definition) is 2. The van der Waals surface area contributed by atoms with Gasteiger partial charge in [-0.15, -0.1) is 0 Å². The number of hydrogen-bond acceptors (Lipinski definition) is 6. The van der Waals surface area contributed by atoms with Gasteiger partial charge in [0.1, 0.15) is 6.61 Å². The van der Waals surface area contributed by atoms with Crippen molar-refractivity contribution in [1.29, 1.82) is 0 Å². The molecule has 1 fully saturated rings. The second kappa shape index (κ2) is 11.9. The lowest BCUT2D eigenvalue weighted by Crippen LogP contribution is -2.56. The summed E-state index contributed by atoms with van der Waals surface area (Å²) >= 11 is 5.63. The summed E-state index contributed by atoms with van der Waals surface area (Å²) in [5.41, 5.74) is 4.79. The first-order valence-electron chi connectivity index (χ1n) is 13.2. The van der Waals surface area contributed by atoms with E-state index in [1.807, 2.05) is 70.2 Å². The number of thiocarbonyl (C=S) groups is 1. The molecular formula is C29H33N7O3S. The molecule has 1 saturated heterocycles. The Hall–Kier alpha value is -4.25. The Morgan fingerprint density at radius 2 is 1.60 bits per heavy atom. The molecule has 1 atom stereocenters. The van der Waals surface area contributed by atoms with E-state index in [1.54, 1.807) is 4.90 Å². The van der Waals surface area contributed by atoms with Gasteiger partial charge in [-0.1, -0.05) is 24.3 Å². The monoisotopic (exact) mass is 559 g/mol. The molecule has 2 aliphatic rings. The van der Waals surface area contributed by atoms with Crippen molar-refractivity contribution in [3.05, 3.63) is 71.0 Å². The van der Waals surface area contributed by atoms with Gasteiger partial charge in [-0.3, -0.25) is 10.1 Å². The summed E-state index contributed by atoms with van der Waals surface area (Å²) in [5.74, 6) is 2.11. The van der Waals surface area contributed by atoms with E-state index in [2.05, 4.69) is 31.6 Å². The summed E-state index contributed by atoms with van der Waals surface area (Å²) in [6, 6.07) is 15.4. The van der Waals surface area contributed by atoms with Crippen molar-refractivity contribution in [2.75, 3.05) is 43.4 Å². The van der Waals surface area contributed by atoms with Crippen LogP contribution in [0, 0.1) is 27.7 Å². The van der Waals surface area contributed by atoms with Crippen molar-refractivity contribution in [2.45, 2.75) is 33.8 Å². The number of guanidine groups is 1. The van der Waals surface area contributed by atoms with Gasteiger partial charge >= 0.3 is 0 Å². The molecule has 1 amide bonds. The molecule has 2 N–H and O–H groups in total. The number of aryl methyl sites for hydroxylation is 4. The minimum Gasteiger partial charge on any atom is -0.485 e. The number of piperazine rings is 1. The van der Waals surface area contributed by atoms with Crippen LogP contribution in [0.3, 0.4) is 0 Å². The van der Waals surface area contributed by atoms with E-state index in [1.165, 1.54) is 0 Å². The van der Waals surface area contributed by atoms with E-state index in [4.69, 9.17) is 26.7 Å². The Labute approximate surface area is 239 Å². The number of benzene rings is 2. The molecule has 11 heteroatoms. The Morgan fingerprint density at radius 1 is 0.925 bits per heavy atom. The highest BCUT2D eigenvalue weighted by Crippen LogP contribution is 2.31. The number of carbonyl (C=O) groups excluding carboxylic acids is 1. The largest absolute Gasteiger partial charge is 0.485 e. The first kappa shape index (κ1) is 27.3. The van der Waals surface area contributed by atoms with Crippen molar-refractivity contribution in [1.82, 2.24) is 19.8 Å². The smallest absolute Gasteiger partial charge is 0.267 e. The highest BCUT2D eigenvalue weighted by molar-refractivity contribution is 7.80. The molecule has 0 radical (unpaired) electrons. The molecule has 10 nitrogen and oxygen atoms in total. The zero-order valence-corrected chi connectivity index (χ0v) is 23.9. The third-order valence-electron chi connectivity index (χ3n) is 6.72. The quantitative estimate of drug-likeness (QED) is 0.281. The number of carbonyl (C=O) groups is 1. The number of para-hydroxylation sites is 2. The highest BCUT2D eigenvalue weighted by atomic mass is 32.1. The molecule has 208 valence electrons. The molecule has 2 aliphatic heterocycles. The number of ether oxygens (including phenoxy) is 2. The van der Waals surface area contributed by atoms with E-state index < -0.39 is 6.10 Å². The van der Waals surface area contributed by atoms with Crippen LogP contribution in [-0.4, -0.2) is 75.6 Å². The van der Waals surface area contributed by atoms with Gasteiger partial charge in [0.05, 0.1) is 0 Å². The van der Waals surface area contributed by atoms with Crippen LogP contribution < -0.4 is 20.1 Å². The summed E-state index contributed by atoms with van der Waals surface area (Å²) in [5, 5.41) is 6.83. The van der Waals surface area contributed by atoms with Crippen LogP contribution in [0.5, 0.6) is 11.5 Å². The van der Waals surface area contributed by atoms with E-state index in [0.717, 1.165) is 28.2 Å². The zero-order valence-electron chi connectivity index (χ0n) is 23.1. The summed E-state index contributed by atoms with van der Waals surface area (Å²) in [6.45, 7) is 10.1. The highest BCUT2D eigenvalue weighted by Gasteiger charge is 2.33. The van der Waals surface area contributed by atoms with Gasteiger partial charge in [-0.05, 0) is 75.3 Å². The third kappa shape index (κ3) is 6.48. The molecule has 0 aliphatic carbocycles. The number of amides is 1. The standard InChI is InChI=1S/C29H33N7O3S/c1-18-9-10-19(2)22(15-18)32-29(40)34-28(33-27-30-20(3)16-21(4)31-27)36-13-11-35(12-14-36)26(37)25-17-38-23-7-5-6-8-24(23)39-25/h5-10,15-16,25H,11-14,17H2,1-4H3,(H2,30,31,32,33,34,40). The molecule has 3 aromatic rings. The fourth-order valence-electron chi connectivity index (χ4n) is 4.65. The van der Waals surface area contributed by atoms with E-state index in [-0.39, 0.29) is 12.5 Å². The summed E-state index contributed by atoms with van der Waals surface area (Å²) in [7, 11) is 0. The maximum Gasteiger partial charge on any atom is 0.267 e. The Morgan fingerprint density at radius 3 is 2.33 bits per heavy atom. The predicted molar refractivity (Wildman–Crippen MR) is 159 cm³/mol. The summed E-state index contributed by atoms with van der Waals surface area (Å²) in [4.78, 5) is 30.9. The first-order chi connectivity index (χ1) is 19.2. The van der Waals surface area contributed by atoms with Crippen LogP contribution in [0.15, 0.2) is 53.5 Å². The van der Waals surface area contributed by atoms with Gasteiger partial charge in [0.2, 0.25) is 23.1 Å². The van der Waals surface area contributed by atoms with Crippen LogP contribution >= 0.6 is 12.2 Å². The topological polar surface area (TPSA) is 104 Å². The maximum atomic E-state index is 13.3. The van der Waals surface area contributed by atoms with Crippen molar-refractivity contribution in [3.63, 3.8) is 0 Å². The lowest BCUT2D eigenvalue weighted by Gasteiger charge is -2.38. The Balaban J connectivity index is 1.30. The SMILES string of the molecule is Cc1ccc(C)c(NC(=S)/N=C(/Nc2nc(C)cc(C)n2)N2CCN(C(=O)C3COc4ccccc4O3)CC2)c1. The first-order valence-corrected chi connectivity index (χ1v) is 13.6. The van der Waals surface area contributed by atoms with Crippen LogP contribution in [0.1, 0.15) is 22.5 Å². The van der Waals surface area contributed by atoms with Crippen LogP contribution in [0.25, 0.3) is 0 Å². The average Bonchev–Trinajstić information content (AvgIpc) is 2.93. The van der Waals surface area contributed by atoms with E-state index in [9.17, 15) is 4.79 Å². The Bertz CT molecular complexity index is 1430. The van der Waals surface area contributed by atoms with Crippen molar-refractivity contribution < 1.29 is 14.3 Å². The second-order valence-corrected chi connectivity index (χ2v) is 10.3. The number of aliphatic imine (C=N–C) groups is 1. The minimum absolute atomic E-state index is 0.0923. The number of anilines is 2. The van der Waals surface area contributed by atoms with Gasteiger partial charge in [-0.2, -0.15) is 4.99 Å². The van der Waals surface area contributed by atoms with Crippen LogP contribution in [-0.2, 0) is 4.79 Å². The number of nitrogens with zero attached hydrogens (tertiary/aromatic N) is 5. The van der Waals surface area contributed by atoms with Gasteiger partial charge in [-0.25, -0.2) is 9.97 Å². The normalized spacial score (nSPS) is 16.9. The van der Waals surface area contributed by atoms with Gasteiger partial charge in [0.15, 0.2) is 11.5 Å². The fourth-order valence-corrected chi connectivity index (χ4v) is 4.85. The molecule has 2 aromatic carbocycles. The number of rotatable bonds is 3. The molecule has 3 heterocycles. The van der Waals surface area contributed by atoms with Crippen molar-refractivity contribution >= 4 is 40.8 Å². The molecule has 1 aromatic heterocycles.